The summed E-state index contributed by atoms with van der Waals surface area (Å²) in [4.78, 5) is 2.68. The van der Waals surface area contributed by atoms with Crippen LogP contribution in [0.5, 0.6) is 0 Å². The summed E-state index contributed by atoms with van der Waals surface area (Å²) in [5, 5.41) is 14.5. The second-order valence-electron chi connectivity index (χ2n) is 7.80. The van der Waals surface area contributed by atoms with Crippen molar-refractivity contribution in [2.45, 2.75) is 42.2 Å². The van der Waals surface area contributed by atoms with Crippen molar-refractivity contribution in [3.63, 3.8) is 0 Å². The molecule has 1 aliphatic heterocycles. The molecule has 1 aliphatic rings. The van der Waals surface area contributed by atoms with Gasteiger partial charge >= 0.3 is 0 Å². The summed E-state index contributed by atoms with van der Waals surface area (Å²) in [7, 11) is -1.26. The Kier molecular flexibility index (Phi) is 5.05. The normalized spacial score (nSPS) is 22.2. The molecule has 2 aromatic carbocycles. The molecule has 0 bridgehead atoms. The van der Waals surface area contributed by atoms with Crippen molar-refractivity contribution in [1.82, 2.24) is 5.32 Å². The predicted octanol–water partition coefficient (Wildman–Crippen LogP) is 4.29. The molecule has 24 heavy (non-hydrogen) atoms. The Morgan fingerprint density at radius 1 is 1.04 bits per heavy atom. The van der Waals surface area contributed by atoms with E-state index in [2.05, 4.69) is 86.1 Å². The monoisotopic (exact) mass is 343 g/mol. The highest BCUT2D eigenvalue weighted by Gasteiger charge is 2.37. The lowest BCUT2D eigenvalue weighted by Gasteiger charge is -2.40. The van der Waals surface area contributed by atoms with E-state index >= 15 is 0 Å². The largest absolute Gasteiger partial charge is 0.391 e. The van der Waals surface area contributed by atoms with Crippen LogP contribution in [0.15, 0.2) is 70.5 Å². The van der Waals surface area contributed by atoms with Gasteiger partial charge < -0.3 is 10.4 Å². The molecule has 0 radical (unpaired) electrons. The van der Waals surface area contributed by atoms with Crippen molar-refractivity contribution in [2.24, 2.45) is 5.41 Å². The Bertz CT molecular complexity index is 617. The number of aliphatic hydroxyl groups is 1. The smallest absolute Gasteiger partial charge is 0.0775 e. The third-order valence-corrected chi connectivity index (χ3v) is 8.74. The second kappa shape index (κ2) is 6.91. The van der Waals surface area contributed by atoms with Gasteiger partial charge in [0.25, 0.3) is 0 Å². The fourth-order valence-corrected chi connectivity index (χ4v) is 6.74. The Balaban J connectivity index is 1.89. The molecule has 3 heteroatoms. The molecular formula is C21H29NOS. The van der Waals surface area contributed by atoms with E-state index in [1.165, 1.54) is 9.79 Å². The van der Waals surface area contributed by atoms with E-state index in [0.29, 0.717) is 0 Å². The number of aliphatic hydroxyl groups excluding tert-OH is 1. The Hall–Kier alpha value is -1.29. The number of hydrogen-bond acceptors (Lipinski definition) is 2. The third kappa shape index (κ3) is 3.69. The van der Waals surface area contributed by atoms with Crippen LogP contribution in [0, 0.1) is 5.41 Å². The summed E-state index contributed by atoms with van der Waals surface area (Å²) in [5.41, 5.74) is 0.275. The Morgan fingerprint density at radius 2 is 1.54 bits per heavy atom. The zero-order valence-corrected chi connectivity index (χ0v) is 15.7. The Labute approximate surface area is 147 Å². The first-order valence-electron chi connectivity index (χ1n) is 8.68. The van der Waals surface area contributed by atoms with E-state index in [9.17, 15) is 5.11 Å². The van der Waals surface area contributed by atoms with Gasteiger partial charge in [0.2, 0.25) is 0 Å². The van der Waals surface area contributed by atoms with E-state index < -0.39 is 10.0 Å². The first-order valence-corrected chi connectivity index (χ1v) is 10.9. The number of rotatable bonds is 5. The fraction of sp³-hybridized carbons (Fsp3) is 0.429. The zero-order chi connectivity index (χ0) is 17.2. The lowest BCUT2D eigenvalue weighted by molar-refractivity contribution is 0.153. The maximum atomic E-state index is 11.0. The van der Waals surface area contributed by atoms with E-state index in [0.717, 1.165) is 18.7 Å². The summed E-state index contributed by atoms with van der Waals surface area (Å²) in [5.74, 6) is 0.800. The van der Waals surface area contributed by atoms with Crippen LogP contribution < -0.4 is 5.32 Å². The van der Waals surface area contributed by atoms with E-state index in [1.807, 2.05) is 0 Å². The molecule has 0 amide bonds. The number of hydrogen-bond donors (Lipinski definition) is 2. The van der Waals surface area contributed by atoms with Gasteiger partial charge in [-0.1, -0.05) is 50.2 Å². The summed E-state index contributed by atoms with van der Waals surface area (Å²) in [6.45, 7) is 5.53. The molecule has 2 N–H and O–H groups in total. The van der Waals surface area contributed by atoms with Crippen LogP contribution in [-0.2, 0) is 0 Å². The van der Waals surface area contributed by atoms with Crippen LogP contribution >= 0.6 is 10.0 Å². The molecule has 0 unspecified atom stereocenters. The average Bonchev–Trinajstić information content (AvgIpc) is 2.96. The summed E-state index contributed by atoms with van der Waals surface area (Å²) >= 11 is 0. The van der Waals surface area contributed by atoms with Crippen molar-refractivity contribution in [3.8, 4) is 0 Å². The summed E-state index contributed by atoms with van der Waals surface area (Å²) in [6.07, 6.45) is 3.04. The van der Waals surface area contributed by atoms with Crippen LogP contribution in [0.1, 0.15) is 20.3 Å². The van der Waals surface area contributed by atoms with Crippen molar-refractivity contribution < 1.29 is 5.11 Å². The maximum Gasteiger partial charge on any atom is 0.0775 e. The van der Waals surface area contributed by atoms with E-state index in [4.69, 9.17) is 0 Å². The highest BCUT2D eigenvalue weighted by atomic mass is 32.3. The number of benzene rings is 2. The second-order valence-corrected chi connectivity index (χ2v) is 11.3. The summed E-state index contributed by atoms with van der Waals surface area (Å²) < 4.78 is 0. The Morgan fingerprint density at radius 3 is 1.96 bits per heavy atom. The molecule has 0 aliphatic carbocycles. The van der Waals surface area contributed by atoms with Crippen LogP contribution in [0.4, 0.5) is 0 Å². The van der Waals surface area contributed by atoms with Crippen LogP contribution in [0.3, 0.4) is 0 Å². The molecule has 0 aromatic heterocycles. The predicted molar refractivity (Wildman–Crippen MR) is 104 cm³/mol. The zero-order valence-electron chi connectivity index (χ0n) is 14.9. The highest BCUT2D eigenvalue weighted by molar-refractivity contribution is 8.33. The first kappa shape index (κ1) is 17.5. The van der Waals surface area contributed by atoms with Gasteiger partial charge in [0.15, 0.2) is 0 Å². The lowest BCUT2D eigenvalue weighted by Crippen LogP contribution is -2.38. The SMILES string of the molecule is CC1(C)CN[C@@H]([C@@H](O)CS(C)(c2ccccc2)c2ccccc2)C1. The minimum absolute atomic E-state index is 0.194. The van der Waals surface area contributed by atoms with Crippen molar-refractivity contribution >= 4 is 10.0 Å². The van der Waals surface area contributed by atoms with Gasteiger partial charge in [-0.05, 0) is 52.1 Å². The molecular weight excluding hydrogens is 314 g/mol. The third-order valence-electron chi connectivity index (χ3n) is 5.11. The minimum Gasteiger partial charge on any atom is -0.391 e. The van der Waals surface area contributed by atoms with Gasteiger partial charge in [-0.3, -0.25) is 0 Å². The molecule has 0 saturated carbocycles. The van der Waals surface area contributed by atoms with Crippen LogP contribution in [0.25, 0.3) is 0 Å². The van der Waals surface area contributed by atoms with Gasteiger partial charge in [0, 0.05) is 18.3 Å². The number of nitrogens with one attached hydrogen (secondary N) is 1. The molecule has 3 rings (SSSR count). The molecule has 1 fully saturated rings. The topological polar surface area (TPSA) is 32.3 Å². The van der Waals surface area contributed by atoms with Gasteiger partial charge in [-0.15, -0.1) is 0 Å². The molecule has 2 atom stereocenters. The standard InChI is InChI=1S/C21H29NOS/c1-21(2)14-19(22-16-21)20(23)15-24(3,17-10-6-4-7-11-17)18-12-8-5-9-13-18/h4-13,19-20,22-23H,14-16H2,1-3H3/t19-,20+/m1/s1. The fourth-order valence-electron chi connectivity index (χ4n) is 3.65. The van der Waals surface area contributed by atoms with Crippen molar-refractivity contribution in [3.05, 3.63) is 60.7 Å². The molecule has 130 valence electrons. The minimum atomic E-state index is -1.26. The maximum absolute atomic E-state index is 11.0. The first-order chi connectivity index (χ1) is 11.4. The van der Waals surface area contributed by atoms with Crippen LogP contribution in [0.2, 0.25) is 0 Å². The van der Waals surface area contributed by atoms with Gasteiger partial charge in [0.05, 0.1) is 6.10 Å². The average molecular weight is 344 g/mol. The summed E-state index contributed by atoms with van der Waals surface area (Å²) in [6, 6.07) is 21.6. The van der Waals surface area contributed by atoms with Gasteiger partial charge in [-0.25, -0.2) is 0 Å². The van der Waals surface area contributed by atoms with Crippen LogP contribution in [-0.4, -0.2) is 35.8 Å². The van der Waals surface area contributed by atoms with E-state index in [-0.39, 0.29) is 17.6 Å². The van der Waals surface area contributed by atoms with Gasteiger partial charge in [0.1, 0.15) is 0 Å². The molecule has 0 spiro atoms. The molecule has 1 heterocycles. The molecule has 2 nitrogen and oxygen atoms in total. The van der Waals surface area contributed by atoms with Gasteiger partial charge in [-0.2, -0.15) is 10.0 Å². The van der Waals surface area contributed by atoms with Crippen molar-refractivity contribution in [2.75, 3.05) is 18.6 Å². The molecule has 1 saturated heterocycles. The van der Waals surface area contributed by atoms with Crippen molar-refractivity contribution in [1.29, 1.82) is 0 Å². The quantitative estimate of drug-likeness (QED) is 0.849. The highest BCUT2D eigenvalue weighted by Crippen LogP contribution is 2.60. The van der Waals surface area contributed by atoms with E-state index in [1.54, 1.807) is 0 Å². The lowest BCUT2D eigenvalue weighted by atomic mass is 9.89. The molecule has 2 aromatic rings.